The summed E-state index contributed by atoms with van der Waals surface area (Å²) in [5.41, 5.74) is 0.556. The minimum atomic E-state index is -0.293. The maximum Gasteiger partial charge on any atom is 0.338 e. The summed E-state index contributed by atoms with van der Waals surface area (Å²) in [5, 5.41) is 0. The lowest BCUT2D eigenvalue weighted by atomic mass is 10.0. The quantitative estimate of drug-likeness (QED) is 0.767. The Bertz CT molecular complexity index is 393. The Morgan fingerprint density at radius 2 is 1.95 bits per heavy atom. The first-order valence-corrected chi connectivity index (χ1v) is 6.77. The predicted molar refractivity (Wildman–Crippen MR) is 71.4 cm³/mol. The highest BCUT2D eigenvalue weighted by Crippen LogP contribution is 2.18. The lowest BCUT2D eigenvalue weighted by Crippen LogP contribution is -2.21. The molecule has 4 heteroatoms. The van der Waals surface area contributed by atoms with Gasteiger partial charge in [-0.05, 0) is 49.9 Å². The van der Waals surface area contributed by atoms with Crippen LogP contribution < -0.4 is 4.74 Å². The van der Waals surface area contributed by atoms with Crippen LogP contribution in [0.2, 0.25) is 0 Å². The normalized spacial score (nSPS) is 16.1. The molecule has 1 aliphatic heterocycles. The number of carbonyl (C=O) groups excluding carboxylic acids is 1. The Morgan fingerprint density at radius 1 is 1.26 bits per heavy atom. The van der Waals surface area contributed by atoms with Crippen LogP contribution in [0.5, 0.6) is 5.75 Å². The minimum absolute atomic E-state index is 0.293. The van der Waals surface area contributed by atoms with Crippen molar-refractivity contribution in [3.63, 3.8) is 0 Å². The van der Waals surface area contributed by atoms with Gasteiger partial charge in [0, 0.05) is 13.2 Å². The van der Waals surface area contributed by atoms with Crippen LogP contribution in [0.4, 0.5) is 0 Å². The van der Waals surface area contributed by atoms with Crippen molar-refractivity contribution in [2.75, 3.05) is 26.4 Å². The van der Waals surface area contributed by atoms with Crippen LogP contribution in [-0.2, 0) is 9.47 Å². The van der Waals surface area contributed by atoms with Crippen molar-refractivity contribution in [3.05, 3.63) is 29.8 Å². The summed E-state index contributed by atoms with van der Waals surface area (Å²) in [6.45, 7) is 4.55. The highest BCUT2D eigenvalue weighted by atomic mass is 16.5. The molecule has 0 aliphatic carbocycles. The molecule has 0 spiro atoms. The third kappa shape index (κ3) is 4.24. The van der Waals surface area contributed by atoms with Crippen molar-refractivity contribution < 1.29 is 19.0 Å². The highest BCUT2D eigenvalue weighted by Gasteiger charge is 2.14. The van der Waals surface area contributed by atoms with Crippen molar-refractivity contribution in [1.82, 2.24) is 0 Å². The molecule has 0 atom stereocenters. The van der Waals surface area contributed by atoms with Gasteiger partial charge >= 0.3 is 5.97 Å². The molecular formula is C15H20O4. The molecule has 1 saturated heterocycles. The number of hydrogen-bond donors (Lipinski definition) is 0. The Kier molecular flexibility index (Phi) is 5.21. The van der Waals surface area contributed by atoms with Crippen LogP contribution in [0, 0.1) is 5.92 Å². The van der Waals surface area contributed by atoms with E-state index in [2.05, 4.69) is 0 Å². The fourth-order valence-electron chi connectivity index (χ4n) is 2.03. The molecule has 1 aliphatic rings. The zero-order valence-corrected chi connectivity index (χ0v) is 11.3. The van der Waals surface area contributed by atoms with E-state index in [4.69, 9.17) is 14.2 Å². The lowest BCUT2D eigenvalue weighted by molar-refractivity contribution is 0.0496. The standard InChI is InChI=1S/C15H20O4/c1-2-18-15(16)13-3-5-14(6-4-13)19-11-12-7-9-17-10-8-12/h3-6,12H,2,7-11H2,1H3. The minimum Gasteiger partial charge on any atom is -0.493 e. The first-order valence-electron chi connectivity index (χ1n) is 6.77. The fourth-order valence-corrected chi connectivity index (χ4v) is 2.03. The Labute approximate surface area is 113 Å². The van der Waals surface area contributed by atoms with E-state index in [1.54, 1.807) is 19.1 Å². The number of hydrogen-bond acceptors (Lipinski definition) is 4. The first kappa shape index (κ1) is 13.9. The molecule has 0 saturated carbocycles. The van der Waals surface area contributed by atoms with Gasteiger partial charge in [0.15, 0.2) is 0 Å². The van der Waals surface area contributed by atoms with Crippen LogP contribution in [0.3, 0.4) is 0 Å². The van der Waals surface area contributed by atoms with Crippen molar-refractivity contribution in [2.24, 2.45) is 5.92 Å². The average Bonchev–Trinajstić information content (AvgIpc) is 2.47. The molecule has 4 nitrogen and oxygen atoms in total. The van der Waals surface area contributed by atoms with Crippen LogP contribution in [0.15, 0.2) is 24.3 Å². The largest absolute Gasteiger partial charge is 0.493 e. The van der Waals surface area contributed by atoms with Crippen LogP contribution >= 0.6 is 0 Å². The smallest absolute Gasteiger partial charge is 0.338 e. The van der Waals surface area contributed by atoms with Gasteiger partial charge in [0.05, 0.1) is 18.8 Å². The van der Waals surface area contributed by atoms with Crippen molar-refractivity contribution in [2.45, 2.75) is 19.8 Å². The Hall–Kier alpha value is -1.55. The highest BCUT2D eigenvalue weighted by molar-refractivity contribution is 5.89. The number of rotatable bonds is 5. The first-order chi connectivity index (χ1) is 9.29. The van der Waals surface area contributed by atoms with Gasteiger partial charge in [-0.2, -0.15) is 0 Å². The third-order valence-corrected chi connectivity index (χ3v) is 3.19. The van der Waals surface area contributed by atoms with Gasteiger partial charge in [-0.25, -0.2) is 4.79 Å². The van der Waals surface area contributed by atoms with E-state index >= 15 is 0 Å². The van der Waals surface area contributed by atoms with Crippen LogP contribution in [0.25, 0.3) is 0 Å². The molecule has 1 aromatic rings. The van der Waals surface area contributed by atoms with Gasteiger partial charge in [0.25, 0.3) is 0 Å². The average molecular weight is 264 g/mol. The van der Waals surface area contributed by atoms with Gasteiger partial charge in [0.1, 0.15) is 5.75 Å². The predicted octanol–water partition coefficient (Wildman–Crippen LogP) is 2.67. The van der Waals surface area contributed by atoms with E-state index in [9.17, 15) is 4.79 Å². The molecule has 0 radical (unpaired) electrons. The van der Waals surface area contributed by atoms with Gasteiger partial charge < -0.3 is 14.2 Å². The van der Waals surface area contributed by atoms with E-state index in [0.717, 1.165) is 31.8 Å². The number of ether oxygens (including phenoxy) is 3. The van der Waals surface area contributed by atoms with Crippen molar-refractivity contribution in [1.29, 1.82) is 0 Å². The van der Waals surface area contributed by atoms with E-state index in [0.29, 0.717) is 24.7 Å². The van der Waals surface area contributed by atoms with Crippen molar-refractivity contribution in [3.8, 4) is 5.75 Å². The molecule has 19 heavy (non-hydrogen) atoms. The molecule has 0 unspecified atom stereocenters. The summed E-state index contributed by atoms with van der Waals surface area (Å²) in [6.07, 6.45) is 2.11. The van der Waals surface area contributed by atoms with E-state index in [1.165, 1.54) is 0 Å². The maximum atomic E-state index is 11.5. The zero-order chi connectivity index (χ0) is 13.5. The maximum absolute atomic E-state index is 11.5. The van der Waals surface area contributed by atoms with E-state index < -0.39 is 0 Å². The fraction of sp³-hybridized carbons (Fsp3) is 0.533. The number of esters is 1. The molecule has 2 rings (SSSR count). The summed E-state index contributed by atoms with van der Waals surface area (Å²) < 4.78 is 16.0. The van der Waals surface area contributed by atoms with Gasteiger partial charge in [0.2, 0.25) is 0 Å². The summed E-state index contributed by atoms with van der Waals surface area (Å²) in [5.74, 6) is 1.07. The van der Waals surface area contributed by atoms with Crippen LogP contribution in [0.1, 0.15) is 30.1 Å². The number of benzene rings is 1. The van der Waals surface area contributed by atoms with Gasteiger partial charge in [-0.15, -0.1) is 0 Å². The summed E-state index contributed by atoms with van der Waals surface area (Å²) in [6, 6.07) is 7.09. The summed E-state index contributed by atoms with van der Waals surface area (Å²) in [4.78, 5) is 11.5. The topological polar surface area (TPSA) is 44.8 Å². The SMILES string of the molecule is CCOC(=O)c1ccc(OCC2CCOCC2)cc1. The molecular weight excluding hydrogens is 244 g/mol. The zero-order valence-electron chi connectivity index (χ0n) is 11.3. The molecule has 0 amide bonds. The van der Waals surface area contributed by atoms with Gasteiger partial charge in [-0.1, -0.05) is 0 Å². The molecule has 0 N–H and O–H groups in total. The molecule has 0 bridgehead atoms. The van der Waals surface area contributed by atoms with Gasteiger partial charge in [-0.3, -0.25) is 0 Å². The molecule has 1 fully saturated rings. The van der Waals surface area contributed by atoms with E-state index in [-0.39, 0.29) is 5.97 Å². The molecule has 1 heterocycles. The second-order valence-electron chi connectivity index (χ2n) is 4.61. The second kappa shape index (κ2) is 7.14. The Morgan fingerprint density at radius 3 is 2.58 bits per heavy atom. The Balaban J connectivity index is 1.82. The van der Waals surface area contributed by atoms with Crippen molar-refractivity contribution >= 4 is 5.97 Å². The number of carbonyl (C=O) groups is 1. The summed E-state index contributed by atoms with van der Waals surface area (Å²) in [7, 11) is 0. The monoisotopic (exact) mass is 264 g/mol. The summed E-state index contributed by atoms with van der Waals surface area (Å²) >= 11 is 0. The molecule has 0 aromatic heterocycles. The lowest BCUT2D eigenvalue weighted by Gasteiger charge is -2.22. The van der Waals surface area contributed by atoms with Crippen LogP contribution in [-0.4, -0.2) is 32.4 Å². The molecule has 104 valence electrons. The second-order valence-corrected chi connectivity index (χ2v) is 4.61. The third-order valence-electron chi connectivity index (χ3n) is 3.19. The molecule has 1 aromatic carbocycles. The van der Waals surface area contributed by atoms with E-state index in [1.807, 2.05) is 12.1 Å².